The van der Waals surface area contributed by atoms with Gasteiger partial charge < -0.3 is 11.1 Å². The molecule has 0 spiro atoms. The molecular formula is C13H30N2. The summed E-state index contributed by atoms with van der Waals surface area (Å²) in [7, 11) is 0. The molecule has 0 bridgehead atoms. The van der Waals surface area contributed by atoms with Gasteiger partial charge in [0.05, 0.1) is 0 Å². The quantitative estimate of drug-likeness (QED) is 0.684. The Morgan fingerprint density at radius 1 is 1.13 bits per heavy atom. The molecule has 2 nitrogen and oxygen atoms in total. The van der Waals surface area contributed by atoms with E-state index in [0.29, 0.717) is 5.41 Å². The second-order valence-corrected chi connectivity index (χ2v) is 5.96. The van der Waals surface area contributed by atoms with E-state index >= 15 is 0 Å². The molecule has 3 N–H and O–H groups in total. The van der Waals surface area contributed by atoms with E-state index in [-0.39, 0.29) is 0 Å². The first-order valence-electron chi connectivity index (χ1n) is 6.28. The third-order valence-electron chi connectivity index (χ3n) is 3.32. The molecule has 15 heavy (non-hydrogen) atoms. The third-order valence-corrected chi connectivity index (χ3v) is 3.32. The van der Waals surface area contributed by atoms with Gasteiger partial charge in [-0.3, -0.25) is 0 Å². The first-order chi connectivity index (χ1) is 6.88. The molecule has 0 saturated carbocycles. The molecule has 92 valence electrons. The van der Waals surface area contributed by atoms with E-state index in [1.807, 2.05) is 0 Å². The van der Waals surface area contributed by atoms with E-state index in [2.05, 4.69) is 39.9 Å². The van der Waals surface area contributed by atoms with Gasteiger partial charge in [0.2, 0.25) is 0 Å². The fourth-order valence-electron chi connectivity index (χ4n) is 1.42. The maximum absolute atomic E-state index is 5.49. The van der Waals surface area contributed by atoms with E-state index in [1.165, 1.54) is 6.42 Å². The molecule has 0 aliphatic carbocycles. The zero-order chi connectivity index (χ0) is 11.9. The van der Waals surface area contributed by atoms with E-state index in [9.17, 15) is 0 Å². The zero-order valence-corrected chi connectivity index (χ0v) is 11.3. The van der Waals surface area contributed by atoms with Crippen LogP contribution in [0.4, 0.5) is 0 Å². The molecule has 0 aromatic carbocycles. The van der Waals surface area contributed by atoms with Gasteiger partial charge in [-0.15, -0.1) is 0 Å². The van der Waals surface area contributed by atoms with Crippen LogP contribution < -0.4 is 11.1 Å². The molecule has 0 aromatic heterocycles. The molecule has 0 aliphatic heterocycles. The van der Waals surface area contributed by atoms with Crippen molar-refractivity contribution in [2.45, 2.75) is 47.5 Å². The van der Waals surface area contributed by atoms with Crippen molar-refractivity contribution in [3.05, 3.63) is 0 Å². The largest absolute Gasteiger partial charge is 0.330 e. The Balaban J connectivity index is 3.52. The summed E-state index contributed by atoms with van der Waals surface area (Å²) in [6.45, 7) is 14.6. The van der Waals surface area contributed by atoms with Gasteiger partial charge in [-0.05, 0) is 49.7 Å². The summed E-state index contributed by atoms with van der Waals surface area (Å²) < 4.78 is 0. The zero-order valence-electron chi connectivity index (χ0n) is 11.3. The molecule has 0 fully saturated rings. The molecule has 0 amide bonds. The Labute approximate surface area is 96.0 Å². The van der Waals surface area contributed by atoms with Crippen LogP contribution in [0.1, 0.15) is 47.5 Å². The van der Waals surface area contributed by atoms with Gasteiger partial charge in [0.15, 0.2) is 0 Å². The highest BCUT2D eigenvalue weighted by molar-refractivity contribution is 4.72. The van der Waals surface area contributed by atoms with Gasteiger partial charge in [-0.2, -0.15) is 0 Å². The second kappa shape index (κ2) is 7.24. The minimum absolute atomic E-state index is 0.410. The predicted molar refractivity (Wildman–Crippen MR) is 68.9 cm³/mol. The van der Waals surface area contributed by atoms with Crippen molar-refractivity contribution < 1.29 is 0 Å². The van der Waals surface area contributed by atoms with Crippen molar-refractivity contribution in [3.8, 4) is 0 Å². The lowest BCUT2D eigenvalue weighted by Crippen LogP contribution is -2.32. The molecule has 0 radical (unpaired) electrons. The van der Waals surface area contributed by atoms with Crippen LogP contribution in [0.3, 0.4) is 0 Å². The van der Waals surface area contributed by atoms with Crippen LogP contribution in [-0.4, -0.2) is 19.6 Å². The molecule has 0 aromatic rings. The van der Waals surface area contributed by atoms with Gasteiger partial charge in [-0.1, -0.05) is 34.6 Å². The standard InChI is InChI=1S/C13H30N2/c1-11(7-6-8-14)9-15-10-12(2)13(3,4)5/h11-12,15H,6-10,14H2,1-5H3. The lowest BCUT2D eigenvalue weighted by atomic mass is 9.82. The Kier molecular flexibility index (Phi) is 7.20. The van der Waals surface area contributed by atoms with Crippen LogP contribution in [0, 0.1) is 17.3 Å². The first kappa shape index (κ1) is 14.9. The summed E-state index contributed by atoms with van der Waals surface area (Å²) in [5, 5.41) is 3.56. The summed E-state index contributed by atoms with van der Waals surface area (Å²) in [6, 6.07) is 0. The Morgan fingerprint density at radius 2 is 1.73 bits per heavy atom. The Bertz CT molecular complexity index is 149. The highest BCUT2D eigenvalue weighted by Gasteiger charge is 2.19. The van der Waals surface area contributed by atoms with Crippen molar-refractivity contribution in [2.24, 2.45) is 23.0 Å². The highest BCUT2D eigenvalue weighted by atomic mass is 14.9. The number of hydrogen-bond acceptors (Lipinski definition) is 2. The monoisotopic (exact) mass is 214 g/mol. The number of nitrogens with one attached hydrogen (secondary N) is 1. The highest BCUT2D eigenvalue weighted by Crippen LogP contribution is 2.24. The maximum Gasteiger partial charge on any atom is -0.00180 e. The molecule has 2 unspecified atom stereocenters. The van der Waals surface area contributed by atoms with Crippen LogP contribution in [0.5, 0.6) is 0 Å². The Hall–Kier alpha value is -0.0800. The molecule has 0 saturated heterocycles. The molecule has 2 heteroatoms. The van der Waals surface area contributed by atoms with Crippen LogP contribution in [-0.2, 0) is 0 Å². The van der Waals surface area contributed by atoms with Crippen LogP contribution in [0.15, 0.2) is 0 Å². The molecule has 0 heterocycles. The summed E-state index contributed by atoms with van der Waals surface area (Å²) in [4.78, 5) is 0. The SMILES string of the molecule is CC(CCCN)CNCC(C)C(C)(C)C. The van der Waals surface area contributed by atoms with E-state index < -0.39 is 0 Å². The van der Waals surface area contributed by atoms with Gasteiger partial charge in [0, 0.05) is 0 Å². The summed E-state index contributed by atoms with van der Waals surface area (Å²) in [5.74, 6) is 1.47. The van der Waals surface area contributed by atoms with Crippen molar-refractivity contribution in [1.29, 1.82) is 0 Å². The maximum atomic E-state index is 5.49. The molecular weight excluding hydrogens is 184 g/mol. The predicted octanol–water partition coefficient (Wildman–Crippen LogP) is 2.63. The smallest absolute Gasteiger partial charge is 0.00180 e. The lowest BCUT2D eigenvalue weighted by molar-refractivity contribution is 0.249. The van der Waals surface area contributed by atoms with Gasteiger partial charge in [0.1, 0.15) is 0 Å². The van der Waals surface area contributed by atoms with Crippen LogP contribution in [0.25, 0.3) is 0 Å². The summed E-state index contributed by atoms with van der Waals surface area (Å²) >= 11 is 0. The van der Waals surface area contributed by atoms with E-state index in [4.69, 9.17) is 5.73 Å². The average molecular weight is 214 g/mol. The normalized spacial score (nSPS) is 16.4. The Morgan fingerprint density at radius 3 is 2.20 bits per heavy atom. The minimum Gasteiger partial charge on any atom is -0.330 e. The summed E-state index contributed by atoms with van der Waals surface area (Å²) in [5.41, 5.74) is 5.90. The van der Waals surface area contributed by atoms with Crippen molar-refractivity contribution in [1.82, 2.24) is 5.32 Å². The fraction of sp³-hybridized carbons (Fsp3) is 1.00. The van der Waals surface area contributed by atoms with Gasteiger partial charge in [0.25, 0.3) is 0 Å². The van der Waals surface area contributed by atoms with Gasteiger partial charge in [-0.25, -0.2) is 0 Å². The van der Waals surface area contributed by atoms with E-state index in [0.717, 1.165) is 37.9 Å². The second-order valence-electron chi connectivity index (χ2n) is 5.96. The molecule has 0 rings (SSSR count). The lowest BCUT2D eigenvalue weighted by Gasteiger charge is -2.28. The van der Waals surface area contributed by atoms with E-state index in [1.54, 1.807) is 0 Å². The number of nitrogens with two attached hydrogens (primary N) is 1. The molecule has 0 aliphatic rings. The number of hydrogen-bond donors (Lipinski definition) is 2. The average Bonchev–Trinajstić information content (AvgIpc) is 2.13. The van der Waals surface area contributed by atoms with Crippen molar-refractivity contribution in [3.63, 3.8) is 0 Å². The number of rotatable bonds is 7. The van der Waals surface area contributed by atoms with Gasteiger partial charge >= 0.3 is 0 Å². The first-order valence-corrected chi connectivity index (χ1v) is 6.28. The fourth-order valence-corrected chi connectivity index (χ4v) is 1.42. The topological polar surface area (TPSA) is 38.0 Å². The summed E-state index contributed by atoms with van der Waals surface area (Å²) in [6.07, 6.45) is 2.39. The van der Waals surface area contributed by atoms with Crippen LogP contribution >= 0.6 is 0 Å². The minimum atomic E-state index is 0.410. The third kappa shape index (κ3) is 7.80. The van der Waals surface area contributed by atoms with Crippen molar-refractivity contribution in [2.75, 3.05) is 19.6 Å². The van der Waals surface area contributed by atoms with Crippen molar-refractivity contribution >= 4 is 0 Å². The molecule has 2 atom stereocenters. The van der Waals surface area contributed by atoms with Crippen LogP contribution in [0.2, 0.25) is 0 Å².